The number of carbonyl (C=O) groups excluding carboxylic acids is 1. The van der Waals surface area contributed by atoms with Crippen LogP contribution in [0.4, 0.5) is 0 Å². The van der Waals surface area contributed by atoms with Gasteiger partial charge in [-0.1, -0.05) is 30.3 Å². The summed E-state index contributed by atoms with van der Waals surface area (Å²) in [6.07, 6.45) is 1.50. The average molecular weight is 377 g/mol. The molecule has 0 atom stereocenters. The number of hydrogen-bond acceptors (Lipinski definition) is 6. The second-order valence-electron chi connectivity index (χ2n) is 5.82. The SMILES string of the molecule is O=C(OCc1coc(-c2cccs2)n1)c1ccc(-c2ccc(O)cc2)cc1. The summed E-state index contributed by atoms with van der Waals surface area (Å²) in [7, 11) is 0. The molecule has 2 aromatic carbocycles. The number of hydrogen-bond donors (Lipinski definition) is 1. The number of oxazole rings is 1. The van der Waals surface area contributed by atoms with E-state index in [0.717, 1.165) is 16.0 Å². The zero-order valence-corrected chi connectivity index (χ0v) is 15.0. The molecule has 0 aliphatic carbocycles. The monoisotopic (exact) mass is 377 g/mol. The van der Waals surface area contributed by atoms with Crippen molar-refractivity contribution < 1.29 is 19.1 Å². The lowest BCUT2D eigenvalue weighted by molar-refractivity contribution is 0.0468. The second kappa shape index (κ2) is 7.47. The molecule has 0 spiro atoms. The van der Waals surface area contributed by atoms with Crippen LogP contribution in [0.15, 0.2) is 76.7 Å². The fourth-order valence-corrected chi connectivity index (χ4v) is 3.22. The summed E-state index contributed by atoms with van der Waals surface area (Å²) in [5.41, 5.74) is 2.92. The van der Waals surface area contributed by atoms with E-state index in [4.69, 9.17) is 9.15 Å². The Morgan fingerprint density at radius 1 is 1.04 bits per heavy atom. The minimum atomic E-state index is -0.423. The van der Waals surface area contributed by atoms with Gasteiger partial charge in [0.2, 0.25) is 5.89 Å². The Kier molecular flexibility index (Phi) is 4.72. The maximum Gasteiger partial charge on any atom is 0.338 e. The number of phenols is 1. The molecule has 0 amide bonds. The predicted octanol–water partition coefficient (Wildman–Crippen LogP) is 5.13. The third-order valence-corrected chi connectivity index (χ3v) is 4.81. The third-order valence-electron chi connectivity index (χ3n) is 3.96. The first-order chi connectivity index (χ1) is 13.2. The van der Waals surface area contributed by atoms with Gasteiger partial charge in [-0.3, -0.25) is 0 Å². The number of benzene rings is 2. The van der Waals surface area contributed by atoms with Crippen LogP contribution in [-0.4, -0.2) is 16.1 Å². The van der Waals surface area contributed by atoms with Crippen LogP contribution >= 0.6 is 11.3 Å². The molecule has 5 nitrogen and oxygen atoms in total. The summed E-state index contributed by atoms with van der Waals surface area (Å²) >= 11 is 1.53. The Bertz CT molecular complexity index is 1030. The normalized spacial score (nSPS) is 10.7. The van der Waals surface area contributed by atoms with Crippen molar-refractivity contribution in [3.63, 3.8) is 0 Å². The number of carbonyl (C=O) groups is 1. The lowest BCUT2D eigenvalue weighted by Gasteiger charge is -2.05. The van der Waals surface area contributed by atoms with Crippen LogP contribution in [0.2, 0.25) is 0 Å². The number of phenolic OH excluding ortho intramolecular Hbond substituents is 1. The summed E-state index contributed by atoms with van der Waals surface area (Å²) in [5, 5.41) is 11.3. The zero-order chi connectivity index (χ0) is 18.6. The molecule has 0 saturated heterocycles. The van der Waals surface area contributed by atoms with Gasteiger partial charge >= 0.3 is 5.97 Å². The molecule has 0 aliphatic heterocycles. The largest absolute Gasteiger partial charge is 0.508 e. The maximum atomic E-state index is 12.2. The van der Waals surface area contributed by atoms with Crippen molar-refractivity contribution in [2.45, 2.75) is 6.61 Å². The number of thiophene rings is 1. The molecule has 4 rings (SSSR count). The van der Waals surface area contributed by atoms with Crippen molar-refractivity contribution in [2.24, 2.45) is 0 Å². The highest BCUT2D eigenvalue weighted by Crippen LogP contribution is 2.24. The molecule has 0 aliphatic rings. The first-order valence-electron chi connectivity index (χ1n) is 8.24. The number of esters is 1. The van der Waals surface area contributed by atoms with Gasteiger partial charge < -0.3 is 14.3 Å². The standard InChI is InChI=1S/C21H15NO4S/c23-18-9-7-15(8-10-18)14-3-5-16(6-4-14)21(24)26-13-17-12-25-20(22-17)19-2-1-11-27-19/h1-12,23H,13H2. The number of aromatic hydroxyl groups is 1. The van der Waals surface area contributed by atoms with Crippen LogP contribution in [0.5, 0.6) is 5.75 Å². The topological polar surface area (TPSA) is 72.6 Å². The maximum absolute atomic E-state index is 12.2. The Balaban J connectivity index is 1.39. The molecule has 2 heterocycles. The van der Waals surface area contributed by atoms with Gasteiger partial charge in [0.15, 0.2) is 0 Å². The first-order valence-corrected chi connectivity index (χ1v) is 9.12. The van der Waals surface area contributed by atoms with Crippen LogP contribution in [0.3, 0.4) is 0 Å². The lowest BCUT2D eigenvalue weighted by atomic mass is 10.0. The molecular formula is C21H15NO4S. The number of rotatable bonds is 5. The second-order valence-corrected chi connectivity index (χ2v) is 6.77. The fraction of sp³-hybridized carbons (Fsp3) is 0.0476. The molecule has 2 aromatic heterocycles. The van der Waals surface area contributed by atoms with E-state index in [2.05, 4.69) is 4.98 Å². The van der Waals surface area contributed by atoms with E-state index >= 15 is 0 Å². The number of nitrogens with zero attached hydrogens (tertiary/aromatic N) is 1. The first kappa shape index (κ1) is 17.1. The number of aromatic nitrogens is 1. The fourth-order valence-electron chi connectivity index (χ4n) is 2.56. The van der Waals surface area contributed by atoms with Gasteiger partial charge in [0.05, 0.1) is 10.4 Å². The summed E-state index contributed by atoms with van der Waals surface area (Å²) < 4.78 is 10.7. The summed E-state index contributed by atoms with van der Waals surface area (Å²) in [5.74, 6) is 0.316. The molecule has 1 N–H and O–H groups in total. The van der Waals surface area contributed by atoms with E-state index in [1.54, 1.807) is 24.3 Å². The molecular weight excluding hydrogens is 362 g/mol. The van der Waals surface area contributed by atoms with Gasteiger partial charge in [0.1, 0.15) is 24.3 Å². The van der Waals surface area contributed by atoms with Gasteiger partial charge in [0, 0.05) is 0 Å². The van der Waals surface area contributed by atoms with Crippen molar-refractivity contribution in [2.75, 3.05) is 0 Å². The van der Waals surface area contributed by atoms with E-state index < -0.39 is 5.97 Å². The van der Waals surface area contributed by atoms with Crippen LogP contribution < -0.4 is 0 Å². The highest BCUT2D eigenvalue weighted by molar-refractivity contribution is 7.13. The Labute approximate surface area is 159 Å². The Morgan fingerprint density at radius 3 is 2.41 bits per heavy atom. The van der Waals surface area contributed by atoms with Gasteiger partial charge in [-0.2, -0.15) is 0 Å². The van der Waals surface area contributed by atoms with Gasteiger partial charge in [-0.25, -0.2) is 9.78 Å². The smallest absolute Gasteiger partial charge is 0.338 e. The minimum absolute atomic E-state index is 0.0490. The molecule has 4 aromatic rings. The summed E-state index contributed by atoms with van der Waals surface area (Å²) in [6.45, 7) is 0.0490. The van der Waals surface area contributed by atoms with E-state index in [9.17, 15) is 9.90 Å². The van der Waals surface area contributed by atoms with Crippen molar-refractivity contribution in [3.8, 4) is 27.6 Å². The van der Waals surface area contributed by atoms with Gasteiger partial charge in [0.25, 0.3) is 0 Å². The van der Waals surface area contributed by atoms with Crippen LogP contribution in [0.1, 0.15) is 16.1 Å². The van der Waals surface area contributed by atoms with Crippen molar-refractivity contribution in [3.05, 3.63) is 83.6 Å². The molecule has 0 unspecified atom stereocenters. The van der Waals surface area contributed by atoms with E-state index in [1.807, 2.05) is 41.8 Å². The van der Waals surface area contributed by atoms with Gasteiger partial charge in [-0.15, -0.1) is 11.3 Å². The minimum Gasteiger partial charge on any atom is -0.508 e. The average Bonchev–Trinajstić information content (AvgIpc) is 3.38. The van der Waals surface area contributed by atoms with Crippen molar-refractivity contribution in [1.29, 1.82) is 0 Å². The molecule has 0 bridgehead atoms. The lowest BCUT2D eigenvalue weighted by Crippen LogP contribution is -2.05. The molecule has 6 heteroatoms. The molecule has 0 saturated carbocycles. The number of ether oxygens (including phenoxy) is 1. The summed E-state index contributed by atoms with van der Waals surface area (Å²) in [6, 6.07) is 17.8. The van der Waals surface area contributed by atoms with E-state index in [1.165, 1.54) is 17.6 Å². The summed E-state index contributed by atoms with van der Waals surface area (Å²) in [4.78, 5) is 17.5. The predicted molar refractivity (Wildman–Crippen MR) is 102 cm³/mol. The van der Waals surface area contributed by atoms with Crippen molar-refractivity contribution >= 4 is 17.3 Å². The molecule has 134 valence electrons. The highest BCUT2D eigenvalue weighted by Gasteiger charge is 2.11. The van der Waals surface area contributed by atoms with Crippen LogP contribution in [0, 0.1) is 0 Å². The van der Waals surface area contributed by atoms with E-state index in [-0.39, 0.29) is 12.4 Å². The molecule has 0 fully saturated rings. The Hall–Kier alpha value is -3.38. The Morgan fingerprint density at radius 2 is 1.74 bits per heavy atom. The van der Waals surface area contributed by atoms with E-state index in [0.29, 0.717) is 17.1 Å². The van der Waals surface area contributed by atoms with Crippen LogP contribution in [-0.2, 0) is 11.3 Å². The molecule has 0 radical (unpaired) electrons. The highest BCUT2D eigenvalue weighted by atomic mass is 32.1. The van der Waals surface area contributed by atoms with Crippen molar-refractivity contribution in [1.82, 2.24) is 4.98 Å². The molecule has 27 heavy (non-hydrogen) atoms. The quantitative estimate of drug-likeness (QED) is 0.488. The third kappa shape index (κ3) is 3.91. The van der Waals surface area contributed by atoms with Gasteiger partial charge in [-0.05, 0) is 46.8 Å². The van der Waals surface area contributed by atoms with Crippen LogP contribution in [0.25, 0.3) is 21.9 Å². The zero-order valence-electron chi connectivity index (χ0n) is 14.2.